The molecule has 1 aliphatic rings. The number of aryl methyl sites for hydroxylation is 1. The van der Waals surface area contributed by atoms with Gasteiger partial charge in [-0.2, -0.15) is 0 Å². The standard InChI is InChI=1S/C24H22ClNO4S/c1-24(16-17-5-3-2-4-6-17)14-13-18-15-19(7-12-22(18)30-24)23(27)26-31(28,29)21-10-8-20(25)9-11-21/h2-12,15H,13-14,16H2,1H3,(H,26,27)/t24-/m1/s1. The molecule has 0 saturated carbocycles. The van der Waals surface area contributed by atoms with E-state index in [1.165, 1.54) is 29.8 Å². The van der Waals surface area contributed by atoms with Crippen LogP contribution in [0.1, 0.15) is 34.8 Å². The predicted octanol–water partition coefficient (Wildman–Crippen LogP) is 4.79. The van der Waals surface area contributed by atoms with Gasteiger partial charge >= 0.3 is 0 Å². The van der Waals surface area contributed by atoms with Crippen LogP contribution in [0.4, 0.5) is 0 Å². The molecule has 31 heavy (non-hydrogen) atoms. The SMILES string of the molecule is C[C@]1(Cc2ccccc2)CCc2cc(C(=O)NS(=O)(=O)c3ccc(Cl)cc3)ccc2O1. The Hall–Kier alpha value is -2.83. The summed E-state index contributed by atoms with van der Waals surface area (Å²) in [4.78, 5) is 12.6. The van der Waals surface area contributed by atoms with Crippen molar-refractivity contribution >= 4 is 27.5 Å². The number of nitrogens with one attached hydrogen (secondary N) is 1. The van der Waals surface area contributed by atoms with E-state index >= 15 is 0 Å². The lowest BCUT2D eigenvalue weighted by molar-refractivity contribution is 0.0654. The van der Waals surface area contributed by atoms with E-state index in [0.717, 1.165) is 30.6 Å². The number of halogens is 1. The summed E-state index contributed by atoms with van der Waals surface area (Å²) in [5, 5.41) is 0.416. The van der Waals surface area contributed by atoms with Gasteiger partial charge in [-0.1, -0.05) is 41.9 Å². The number of hydrogen-bond donors (Lipinski definition) is 1. The Labute approximate surface area is 187 Å². The minimum atomic E-state index is -3.99. The number of carbonyl (C=O) groups excluding carboxylic acids is 1. The number of fused-ring (bicyclic) bond motifs is 1. The van der Waals surface area contributed by atoms with E-state index in [1.807, 2.05) is 18.2 Å². The first kappa shape index (κ1) is 21.4. The molecule has 1 aliphatic heterocycles. The summed E-state index contributed by atoms with van der Waals surface area (Å²) in [5.74, 6) is 0.0390. The molecular formula is C24H22ClNO4S. The summed E-state index contributed by atoms with van der Waals surface area (Å²) in [6.45, 7) is 2.09. The highest BCUT2D eigenvalue weighted by Gasteiger charge is 2.32. The van der Waals surface area contributed by atoms with Crippen molar-refractivity contribution in [3.05, 3.63) is 94.5 Å². The van der Waals surface area contributed by atoms with Crippen molar-refractivity contribution in [3.8, 4) is 5.75 Å². The molecule has 160 valence electrons. The minimum Gasteiger partial charge on any atom is -0.487 e. The summed E-state index contributed by atoms with van der Waals surface area (Å²) in [7, 11) is -3.99. The first-order valence-corrected chi connectivity index (χ1v) is 11.8. The maximum Gasteiger partial charge on any atom is 0.265 e. The Balaban J connectivity index is 1.49. The average Bonchev–Trinajstić information content (AvgIpc) is 2.74. The van der Waals surface area contributed by atoms with E-state index in [1.54, 1.807) is 18.2 Å². The van der Waals surface area contributed by atoms with E-state index in [4.69, 9.17) is 16.3 Å². The van der Waals surface area contributed by atoms with Gasteiger partial charge in [-0.05, 0) is 73.4 Å². The predicted molar refractivity (Wildman–Crippen MR) is 120 cm³/mol. The molecule has 0 unspecified atom stereocenters. The second-order valence-corrected chi connectivity index (χ2v) is 10.0. The Morgan fingerprint density at radius 3 is 2.48 bits per heavy atom. The van der Waals surface area contributed by atoms with E-state index in [-0.39, 0.29) is 16.1 Å². The van der Waals surface area contributed by atoms with Gasteiger partial charge in [0.15, 0.2) is 0 Å². The van der Waals surface area contributed by atoms with Crippen LogP contribution in [0.25, 0.3) is 0 Å². The van der Waals surface area contributed by atoms with Gasteiger partial charge in [-0.15, -0.1) is 0 Å². The molecule has 1 heterocycles. The fourth-order valence-electron chi connectivity index (χ4n) is 3.74. The molecule has 3 aromatic rings. The van der Waals surface area contributed by atoms with Crippen LogP contribution in [0.5, 0.6) is 5.75 Å². The van der Waals surface area contributed by atoms with E-state index in [2.05, 4.69) is 23.8 Å². The third-order valence-corrected chi connectivity index (χ3v) is 6.97. The fraction of sp³-hybridized carbons (Fsp3) is 0.208. The number of amides is 1. The van der Waals surface area contributed by atoms with Gasteiger partial charge in [-0.25, -0.2) is 13.1 Å². The number of ether oxygens (including phenoxy) is 1. The number of sulfonamides is 1. The third-order valence-electron chi connectivity index (χ3n) is 5.37. The summed E-state index contributed by atoms with van der Waals surface area (Å²) >= 11 is 5.80. The largest absolute Gasteiger partial charge is 0.487 e. The van der Waals surface area contributed by atoms with E-state index in [9.17, 15) is 13.2 Å². The van der Waals surface area contributed by atoms with Gasteiger partial charge in [0.1, 0.15) is 11.4 Å². The number of hydrogen-bond acceptors (Lipinski definition) is 4. The lowest BCUT2D eigenvalue weighted by atomic mass is 9.87. The number of benzene rings is 3. The topological polar surface area (TPSA) is 72.5 Å². The molecule has 5 nitrogen and oxygen atoms in total. The van der Waals surface area contributed by atoms with Crippen LogP contribution in [0.15, 0.2) is 77.7 Å². The molecule has 3 aromatic carbocycles. The molecular weight excluding hydrogens is 434 g/mol. The Bertz CT molecular complexity index is 1210. The summed E-state index contributed by atoms with van der Waals surface area (Å²) in [6.07, 6.45) is 2.32. The van der Waals surface area contributed by atoms with Crippen molar-refractivity contribution in [1.29, 1.82) is 0 Å². The molecule has 0 bridgehead atoms. The smallest absolute Gasteiger partial charge is 0.265 e. The molecule has 4 rings (SSSR count). The fourth-order valence-corrected chi connectivity index (χ4v) is 4.84. The van der Waals surface area contributed by atoms with Gasteiger partial charge in [0.25, 0.3) is 15.9 Å². The molecule has 0 aromatic heterocycles. The second kappa shape index (κ2) is 8.36. The highest BCUT2D eigenvalue weighted by molar-refractivity contribution is 7.90. The van der Waals surface area contributed by atoms with Crippen LogP contribution >= 0.6 is 11.6 Å². The molecule has 7 heteroatoms. The first-order valence-electron chi connectivity index (χ1n) is 9.93. The molecule has 0 saturated heterocycles. The second-order valence-electron chi connectivity index (χ2n) is 7.93. The zero-order valence-electron chi connectivity index (χ0n) is 17.0. The van der Waals surface area contributed by atoms with Gasteiger partial charge in [0.05, 0.1) is 4.90 Å². The zero-order chi connectivity index (χ0) is 22.1. The summed E-state index contributed by atoms with van der Waals surface area (Å²) in [6, 6.07) is 20.8. The molecule has 1 atom stereocenters. The normalized spacial score (nSPS) is 18.0. The quantitative estimate of drug-likeness (QED) is 0.600. The highest BCUT2D eigenvalue weighted by Crippen LogP contribution is 2.35. The van der Waals surface area contributed by atoms with Crippen molar-refractivity contribution in [2.45, 2.75) is 36.7 Å². The van der Waals surface area contributed by atoms with Gasteiger partial charge in [-0.3, -0.25) is 4.79 Å². The van der Waals surface area contributed by atoms with Crippen molar-refractivity contribution in [3.63, 3.8) is 0 Å². The Morgan fingerprint density at radius 2 is 1.77 bits per heavy atom. The maximum atomic E-state index is 12.6. The van der Waals surface area contributed by atoms with E-state index < -0.39 is 15.9 Å². The van der Waals surface area contributed by atoms with Crippen LogP contribution in [0, 0.1) is 0 Å². The van der Waals surface area contributed by atoms with Crippen LogP contribution in [-0.2, 0) is 22.9 Å². The number of rotatable bonds is 5. The minimum absolute atomic E-state index is 0.0248. The molecule has 0 aliphatic carbocycles. The Morgan fingerprint density at radius 1 is 1.06 bits per heavy atom. The van der Waals surface area contributed by atoms with Crippen LogP contribution in [0.3, 0.4) is 0 Å². The van der Waals surface area contributed by atoms with E-state index in [0.29, 0.717) is 5.02 Å². The Kier molecular flexibility index (Phi) is 5.77. The summed E-state index contributed by atoms with van der Waals surface area (Å²) in [5.41, 5.74) is 2.03. The molecule has 0 fully saturated rings. The third kappa shape index (κ3) is 4.92. The molecule has 1 N–H and O–H groups in total. The van der Waals surface area contributed by atoms with Crippen molar-refractivity contribution in [1.82, 2.24) is 4.72 Å². The zero-order valence-corrected chi connectivity index (χ0v) is 18.5. The average molecular weight is 456 g/mol. The van der Waals surface area contributed by atoms with Crippen LogP contribution in [0.2, 0.25) is 5.02 Å². The lowest BCUT2D eigenvalue weighted by Gasteiger charge is -2.36. The van der Waals surface area contributed by atoms with Crippen molar-refractivity contribution in [2.75, 3.05) is 0 Å². The van der Waals surface area contributed by atoms with Crippen molar-refractivity contribution in [2.24, 2.45) is 0 Å². The van der Waals surface area contributed by atoms with Gasteiger partial charge in [0, 0.05) is 17.0 Å². The maximum absolute atomic E-state index is 12.6. The monoisotopic (exact) mass is 455 g/mol. The van der Waals surface area contributed by atoms with Gasteiger partial charge in [0.2, 0.25) is 0 Å². The molecule has 1 amide bonds. The summed E-state index contributed by atoms with van der Waals surface area (Å²) < 4.78 is 33.3. The molecule has 0 radical (unpaired) electrons. The van der Waals surface area contributed by atoms with Crippen molar-refractivity contribution < 1.29 is 17.9 Å². The highest BCUT2D eigenvalue weighted by atomic mass is 35.5. The number of carbonyl (C=O) groups is 1. The van der Waals surface area contributed by atoms with Crippen LogP contribution in [-0.4, -0.2) is 19.9 Å². The first-order chi connectivity index (χ1) is 14.7. The van der Waals surface area contributed by atoms with Crippen LogP contribution < -0.4 is 9.46 Å². The molecule has 0 spiro atoms. The lowest BCUT2D eigenvalue weighted by Crippen LogP contribution is -2.38. The van der Waals surface area contributed by atoms with Gasteiger partial charge < -0.3 is 4.74 Å².